The lowest BCUT2D eigenvalue weighted by atomic mass is 10.0. The van der Waals surface area contributed by atoms with E-state index in [9.17, 15) is 4.79 Å². The van der Waals surface area contributed by atoms with Crippen molar-refractivity contribution in [2.75, 3.05) is 36.8 Å². The summed E-state index contributed by atoms with van der Waals surface area (Å²) in [6.07, 6.45) is 15.2. The first-order valence-electron chi connectivity index (χ1n) is 21.4. The molecule has 2 unspecified atom stereocenters. The SMILES string of the molecule is Cn1ccc2ccc(-c3cc(NC4CCCN(C(=O)OC(C)(C)C)C4)cc4nccnc34)cc21.Cn1ccc2ccc(-c3cc(NC4CCCNC4)cc4nccnc34)cc21. The van der Waals surface area contributed by atoms with Gasteiger partial charge in [-0.2, -0.15) is 0 Å². The monoisotopic (exact) mass is 814 g/mol. The Morgan fingerprint density at radius 1 is 0.689 bits per heavy atom. The third kappa shape index (κ3) is 8.86. The maximum atomic E-state index is 12.6. The smallest absolute Gasteiger partial charge is 0.410 e. The minimum Gasteiger partial charge on any atom is -0.444 e. The highest BCUT2D eigenvalue weighted by Crippen LogP contribution is 2.34. The molecule has 12 heteroatoms. The third-order valence-electron chi connectivity index (χ3n) is 11.7. The lowest BCUT2D eigenvalue weighted by Gasteiger charge is -2.35. The van der Waals surface area contributed by atoms with E-state index in [1.165, 1.54) is 40.2 Å². The fourth-order valence-corrected chi connectivity index (χ4v) is 8.65. The highest BCUT2D eigenvalue weighted by Gasteiger charge is 2.28. The first-order valence-corrected chi connectivity index (χ1v) is 21.4. The van der Waals surface area contributed by atoms with Crippen molar-refractivity contribution in [3.05, 3.63) is 110 Å². The minimum absolute atomic E-state index is 0.138. The number of nitrogens with zero attached hydrogens (tertiary/aromatic N) is 7. The Kier molecular flexibility index (Phi) is 11.0. The molecule has 0 radical (unpaired) electrons. The van der Waals surface area contributed by atoms with Crippen LogP contribution in [0.3, 0.4) is 0 Å². The van der Waals surface area contributed by atoms with Crippen LogP contribution in [0.4, 0.5) is 16.2 Å². The van der Waals surface area contributed by atoms with E-state index >= 15 is 0 Å². The molecule has 2 fully saturated rings. The summed E-state index contributed by atoms with van der Waals surface area (Å²) in [6.45, 7) is 9.14. The van der Waals surface area contributed by atoms with E-state index in [4.69, 9.17) is 4.74 Å². The predicted molar refractivity (Wildman–Crippen MR) is 247 cm³/mol. The lowest BCUT2D eigenvalue weighted by molar-refractivity contribution is 0.0206. The van der Waals surface area contributed by atoms with Gasteiger partial charge in [-0.25, -0.2) is 4.79 Å². The fourth-order valence-electron chi connectivity index (χ4n) is 8.65. The molecule has 1 amide bonds. The molecule has 6 heterocycles. The summed E-state index contributed by atoms with van der Waals surface area (Å²) in [5.41, 5.74) is 12.0. The average Bonchev–Trinajstić information content (AvgIpc) is 3.83. The molecular weight excluding hydrogens is 761 g/mol. The summed E-state index contributed by atoms with van der Waals surface area (Å²) >= 11 is 0. The van der Waals surface area contributed by atoms with Gasteiger partial charge in [-0.05, 0) is 123 Å². The van der Waals surface area contributed by atoms with Gasteiger partial charge in [0.05, 0.1) is 22.1 Å². The van der Waals surface area contributed by atoms with E-state index in [2.05, 4.69) is 138 Å². The number of hydrogen-bond donors (Lipinski definition) is 3. The number of benzene rings is 4. The Hall–Kier alpha value is -6.53. The van der Waals surface area contributed by atoms with Crippen molar-refractivity contribution < 1.29 is 9.53 Å². The number of ether oxygens (including phenoxy) is 1. The van der Waals surface area contributed by atoms with Crippen LogP contribution in [0.2, 0.25) is 0 Å². The Morgan fingerprint density at radius 2 is 1.23 bits per heavy atom. The first-order chi connectivity index (χ1) is 29.5. The maximum absolute atomic E-state index is 12.6. The molecule has 0 bridgehead atoms. The van der Waals surface area contributed by atoms with E-state index < -0.39 is 5.60 Å². The molecule has 312 valence electrons. The molecule has 2 aliphatic heterocycles. The number of carbonyl (C=O) groups excluding carboxylic acids is 1. The van der Waals surface area contributed by atoms with Crippen molar-refractivity contribution in [3.63, 3.8) is 0 Å². The molecule has 0 aliphatic carbocycles. The lowest BCUT2D eigenvalue weighted by Crippen LogP contribution is -2.46. The summed E-state index contributed by atoms with van der Waals surface area (Å²) in [5, 5.41) is 13.3. The van der Waals surface area contributed by atoms with Crippen LogP contribution in [0.5, 0.6) is 0 Å². The van der Waals surface area contributed by atoms with Gasteiger partial charge in [0.25, 0.3) is 0 Å². The van der Waals surface area contributed by atoms with Crippen LogP contribution in [0.15, 0.2) is 110 Å². The van der Waals surface area contributed by atoms with Gasteiger partial charge in [0, 0.05) is 117 Å². The predicted octanol–water partition coefficient (Wildman–Crippen LogP) is 9.55. The summed E-state index contributed by atoms with van der Waals surface area (Å²) in [6, 6.07) is 26.5. The van der Waals surface area contributed by atoms with Crippen molar-refractivity contribution in [3.8, 4) is 22.3 Å². The fraction of sp³-hybridized carbons (Fsp3) is 0.327. The molecule has 2 saturated heterocycles. The van der Waals surface area contributed by atoms with Crippen LogP contribution in [-0.2, 0) is 18.8 Å². The largest absolute Gasteiger partial charge is 0.444 e. The average molecular weight is 815 g/mol. The number of nitrogens with one attached hydrogen (secondary N) is 3. The number of aryl methyl sites for hydroxylation is 2. The van der Waals surface area contributed by atoms with E-state index in [0.717, 1.165) is 82.6 Å². The summed E-state index contributed by atoms with van der Waals surface area (Å²) in [4.78, 5) is 32.8. The molecule has 2 atom stereocenters. The summed E-state index contributed by atoms with van der Waals surface area (Å²) < 4.78 is 9.87. The molecule has 4 aromatic heterocycles. The maximum Gasteiger partial charge on any atom is 0.410 e. The number of anilines is 2. The second kappa shape index (κ2) is 16.8. The zero-order chi connectivity index (χ0) is 42.1. The van der Waals surface area contributed by atoms with Crippen molar-refractivity contribution >= 4 is 61.3 Å². The summed E-state index contributed by atoms with van der Waals surface area (Å²) in [7, 11) is 4.14. The van der Waals surface area contributed by atoms with Gasteiger partial charge in [-0.15, -0.1) is 0 Å². The number of fused-ring (bicyclic) bond motifs is 4. The van der Waals surface area contributed by atoms with Gasteiger partial charge in [0.1, 0.15) is 5.60 Å². The zero-order valence-corrected chi connectivity index (χ0v) is 35.7. The van der Waals surface area contributed by atoms with Gasteiger partial charge in [-0.1, -0.05) is 24.3 Å². The van der Waals surface area contributed by atoms with Crippen LogP contribution in [0.1, 0.15) is 46.5 Å². The number of rotatable bonds is 6. The van der Waals surface area contributed by atoms with Crippen LogP contribution in [-0.4, -0.2) is 83.9 Å². The Labute approximate surface area is 356 Å². The summed E-state index contributed by atoms with van der Waals surface area (Å²) in [5.74, 6) is 0. The molecule has 10 rings (SSSR count). The molecule has 0 spiro atoms. The molecule has 4 aromatic carbocycles. The zero-order valence-electron chi connectivity index (χ0n) is 35.7. The highest BCUT2D eigenvalue weighted by atomic mass is 16.6. The van der Waals surface area contributed by atoms with Crippen LogP contribution < -0.4 is 16.0 Å². The number of amides is 1. The standard InChI is InChI=1S/C27H31N5O2.C22H23N5/c1-27(2,3)34-26(33)32-12-5-6-20(17-32)30-21-15-22(25-23(16-21)28-10-11-29-25)19-8-7-18-9-13-31(4)24(18)14-19;1-27-10-6-15-4-5-16(11-21(15)27)19-12-18(26-17-3-2-7-23-14-17)13-20-22(19)25-9-8-24-20/h7-11,13-16,20,30H,5-6,12,17H2,1-4H3;4-6,8-13,17,23,26H,2-3,7,14H2,1H3. The molecule has 0 saturated carbocycles. The van der Waals surface area contributed by atoms with Crippen LogP contribution >= 0.6 is 0 Å². The van der Waals surface area contributed by atoms with E-state index in [1.54, 1.807) is 29.7 Å². The Balaban J connectivity index is 0.000000160. The van der Waals surface area contributed by atoms with Crippen molar-refractivity contribution in [2.45, 2.75) is 64.1 Å². The van der Waals surface area contributed by atoms with Crippen molar-refractivity contribution in [2.24, 2.45) is 14.1 Å². The normalized spacial score (nSPS) is 17.0. The second-order valence-corrected chi connectivity index (χ2v) is 17.4. The van der Waals surface area contributed by atoms with Gasteiger partial charge >= 0.3 is 6.09 Å². The topological polar surface area (TPSA) is 127 Å². The van der Waals surface area contributed by atoms with Gasteiger partial charge in [0.15, 0.2) is 0 Å². The van der Waals surface area contributed by atoms with E-state index in [-0.39, 0.29) is 12.1 Å². The minimum atomic E-state index is -0.497. The Morgan fingerprint density at radius 3 is 1.77 bits per heavy atom. The van der Waals surface area contributed by atoms with Crippen LogP contribution in [0, 0.1) is 0 Å². The van der Waals surface area contributed by atoms with Crippen molar-refractivity contribution in [1.29, 1.82) is 0 Å². The quantitative estimate of drug-likeness (QED) is 0.150. The molecule has 3 N–H and O–H groups in total. The van der Waals surface area contributed by atoms with Gasteiger partial charge in [0.2, 0.25) is 0 Å². The van der Waals surface area contributed by atoms with E-state index in [1.807, 2.05) is 26.8 Å². The van der Waals surface area contributed by atoms with Crippen molar-refractivity contribution in [1.82, 2.24) is 39.3 Å². The van der Waals surface area contributed by atoms with Crippen LogP contribution in [0.25, 0.3) is 66.1 Å². The Bertz CT molecular complexity index is 2850. The third-order valence-corrected chi connectivity index (χ3v) is 11.7. The molecule has 61 heavy (non-hydrogen) atoms. The number of likely N-dealkylation sites (tertiary alicyclic amines) is 1. The van der Waals surface area contributed by atoms with Gasteiger partial charge in [-0.3, -0.25) is 19.9 Å². The van der Waals surface area contributed by atoms with Gasteiger partial charge < -0.3 is 34.7 Å². The number of hydrogen-bond acceptors (Lipinski definition) is 9. The molecule has 12 nitrogen and oxygen atoms in total. The molecule has 8 aromatic rings. The number of aromatic nitrogens is 6. The molecule has 2 aliphatic rings. The molecular formula is C49H54N10O2. The first kappa shape index (κ1) is 39.9. The van der Waals surface area contributed by atoms with E-state index in [0.29, 0.717) is 12.6 Å². The number of carbonyl (C=O) groups is 1. The highest BCUT2D eigenvalue weighted by molar-refractivity contribution is 5.98. The second-order valence-electron chi connectivity index (χ2n) is 17.4. The number of piperidine rings is 2.